The molecular formula is C13H22N4O. The number of nitrogens with zero attached hydrogens (tertiary/aromatic N) is 2. The first-order chi connectivity index (χ1) is 8.50. The van der Waals surface area contributed by atoms with Gasteiger partial charge in [-0.25, -0.2) is 4.98 Å². The molecule has 5 heteroatoms. The average Bonchev–Trinajstić information content (AvgIpc) is 2.77. The number of nitrogens with one attached hydrogen (secondary N) is 1. The Morgan fingerprint density at radius 3 is 3.06 bits per heavy atom. The lowest BCUT2D eigenvalue weighted by Crippen LogP contribution is -2.36. The van der Waals surface area contributed by atoms with Crippen molar-refractivity contribution in [2.75, 3.05) is 13.1 Å². The van der Waals surface area contributed by atoms with Crippen LogP contribution in [-0.2, 0) is 11.3 Å². The summed E-state index contributed by atoms with van der Waals surface area (Å²) in [5, 5.41) is 3.40. The van der Waals surface area contributed by atoms with Gasteiger partial charge in [0.2, 0.25) is 5.91 Å². The fraction of sp³-hybridized carbons (Fsp3) is 0.692. The van der Waals surface area contributed by atoms with Crippen LogP contribution in [0.1, 0.15) is 38.3 Å². The van der Waals surface area contributed by atoms with Gasteiger partial charge in [0.15, 0.2) is 0 Å². The molecular weight excluding hydrogens is 228 g/mol. The van der Waals surface area contributed by atoms with Crippen LogP contribution < -0.4 is 11.1 Å². The molecule has 100 valence electrons. The molecule has 0 radical (unpaired) electrons. The third-order valence-electron chi connectivity index (χ3n) is 3.69. The highest BCUT2D eigenvalue weighted by atomic mass is 16.1. The summed E-state index contributed by atoms with van der Waals surface area (Å²) >= 11 is 0. The zero-order valence-corrected chi connectivity index (χ0v) is 11.1. The highest BCUT2D eigenvalue weighted by Gasteiger charge is 2.28. The van der Waals surface area contributed by atoms with Crippen molar-refractivity contribution in [2.24, 2.45) is 11.1 Å². The lowest BCUT2D eigenvalue weighted by atomic mass is 9.91. The summed E-state index contributed by atoms with van der Waals surface area (Å²) in [6.45, 7) is 6.42. The second-order valence-electron chi connectivity index (χ2n) is 5.74. The van der Waals surface area contributed by atoms with Crippen molar-refractivity contribution in [2.45, 2.75) is 39.2 Å². The van der Waals surface area contributed by atoms with Crippen LogP contribution in [0, 0.1) is 5.41 Å². The molecule has 18 heavy (non-hydrogen) atoms. The number of rotatable bonds is 4. The number of carbonyl (C=O) groups excluding carboxylic acids is 1. The maximum Gasteiger partial charge on any atom is 0.224 e. The molecule has 0 aliphatic carbocycles. The Labute approximate surface area is 108 Å². The zero-order valence-electron chi connectivity index (χ0n) is 11.1. The fourth-order valence-corrected chi connectivity index (χ4v) is 2.41. The second kappa shape index (κ2) is 5.10. The summed E-state index contributed by atoms with van der Waals surface area (Å²) in [5.41, 5.74) is 6.09. The largest absolute Gasteiger partial charge is 0.369 e. The predicted octanol–water partition coefficient (Wildman–Crippen LogP) is 0.862. The van der Waals surface area contributed by atoms with E-state index in [2.05, 4.69) is 14.9 Å². The van der Waals surface area contributed by atoms with Crippen LogP contribution in [0.2, 0.25) is 0 Å². The van der Waals surface area contributed by atoms with E-state index in [4.69, 9.17) is 5.73 Å². The highest BCUT2D eigenvalue weighted by molar-refractivity contribution is 5.79. The molecule has 1 saturated heterocycles. The molecule has 1 aliphatic rings. The number of hydrogen-bond acceptors (Lipinski definition) is 3. The first-order valence-electron chi connectivity index (χ1n) is 6.51. The summed E-state index contributed by atoms with van der Waals surface area (Å²) in [4.78, 5) is 15.6. The molecule has 1 atom stereocenters. The van der Waals surface area contributed by atoms with Crippen molar-refractivity contribution in [1.29, 1.82) is 0 Å². The van der Waals surface area contributed by atoms with Crippen molar-refractivity contribution in [3.05, 3.63) is 18.2 Å². The summed E-state index contributed by atoms with van der Waals surface area (Å²) in [5.74, 6) is 0.217. The van der Waals surface area contributed by atoms with E-state index in [1.54, 1.807) is 6.33 Å². The Bertz CT molecular complexity index is 418. The number of piperidine rings is 1. The van der Waals surface area contributed by atoms with E-state index in [-0.39, 0.29) is 5.91 Å². The lowest BCUT2D eigenvalue weighted by molar-refractivity contribution is -0.126. The van der Waals surface area contributed by atoms with E-state index in [1.165, 1.54) is 18.5 Å². The number of hydrogen-bond donors (Lipinski definition) is 2. The van der Waals surface area contributed by atoms with Gasteiger partial charge in [-0.2, -0.15) is 0 Å². The van der Waals surface area contributed by atoms with Crippen LogP contribution in [0.4, 0.5) is 0 Å². The SMILES string of the molecule is CC(C)(Cn1cncc1C1CCCNC1)C(N)=O. The molecule has 0 bridgehead atoms. The van der Waals surface area contributed by atoms with Crippen LogP contribution in [0.15, 0.2) is 12.5 Å². The van der Waals surface area contributed by atoms with E-state index >= 15 is 0 Å². The summed E-state index contributed by atoms with van der Waals surface area (Å²) in [7, 11) is 0. The van der Waals surface area contributed by atoms with Crippen LogP contribution in [-0.4, -0.2) is 28.5 Å². The third-order valence-corrected chi connectivity index (χ3v) is 3.69. The van der Waals surface area contributed by atoms with E-state index in [1.807, 2.05) is 20.0 Å². The first kappa shape index (κ1) is 13.1. The minimum atomic E-state index is -0.544. The van der Waals surface area contributed by atoms with Crippen LogP contribution in [0.25, 0.3) is 0 Å². The van der Waals surface area contributed by atoms with Gasteiger partial charge in [0, 0.05) is 30.9 Å². The Kier molecular flexibility index (Phi) is 3.71. The van der Waals surface area contributed by atoms with Gasteiger partial charge in [-0.3, -0.25) is 4.79 Å². The van der Waals surface area contributed by atoms with Crippen molar-refractivity contribution in [3.63, 3.8) is 0 Å². The quantitative estimate of drug-likeness (QED) is 0.832. The number of amides is 1. The van der Waals surface area contributed by atoms with Crippen molar-refractivity contribution >= 4 is 5.91 Å². The molecule has 2 rings (SSSR count). The average molecular weight is 250 g/mol. The van der Waals surface area contributed by atoms with Crippen molar-refractivity contribution in [3.8, 4) is 0 Å². The third kappa shape index (κ3) is 2.72. The van der Waals surface area contributed by atoms with Gasteiger partial charge in [0.1, 0.15) is 0 Å². The molecule has 0 spiro atoms. The normalized spacial score (nSPS) is 20.9. The van der Waals surface area contributed by atoms with Gasteiger partial charge >= 0.3 is 0 Å². The van der Waals surface area contributed by atoms with Crippen LogP contribution in [0.5, 0.6) is 0 Å². The molecule has 1 aromatic heterocycles. The van der Waals surface area contributed by atoms with Gasteiger partial charge in [-0.1, -0.05) is 0 Å². The van der Waals surface area contributed by atoms with E-state index < -0.39 is 5.41 Å². The number of nitrogens with two attached hydrogens (primary N) is 1. The van der Waals surface area contributed by atoms with Gasteiger partial charge in [-0.05, 0) is 33.2 Å². The maximum atomic E-state index is 11.4. The minimum absolute atomic E-state index is 0.274. The number of primary amides is 1. The smallest absolute Gasteiger partial charge is 0.224 e. The molecule has 1 amide bonds. The molecule has 0 aromatic carbocycles. The molecule has 0 saturated carbocycles. The van der Waals surface area contributed by atoms with Crippen molar-refractivity contribution in [1.82, 2.24) is 14.9 Å². The Morgan fingerprint density at radius 1 is 1.67 bits per heavy atom. The van der Waals surface area contributed by atoms with Crippen LogP contribution in [0.3, 0.4) is 0 Å². The number of imidazole rings is 1. The molecule has 5 nitrogen and oxygen atoms in total. The minimum Gasteiger partial charge on any atom is -0.369 e. The molecule has 3 N–H and O–H groups in total. The summed E-state index contributed by atoms with van der Waals surface area (Å²) in [6.07, 6.45) is 6.08. The molecule has 1 aliphatic heterocycles. The highest BCUT2D eigenvalue weighted by Crippen LogP contribution is 2.26. The monoisotopic (exact) mass is 250 g/mol. The van der Waals surface area contributed by atoms with Gasteiger partial charge in [0.05, 0.1) is 11.7 Å². The molecule has 1 unspecified atom stereocenters. The van der Waals surface area contributed by atoms with Crippen LogP contribution >= 0.6 is 0 Å². The molecule has 1 aromatic rings. The van der Waals surface area contributed by atoms with E-state index in [9.17, 15) is 4.79 Å². The van der Waals surface area contributed by atoms with E-state index in [0.717, 1.165) is 13.1 Å². The lowest BCUT2D eigenvalue weighted by Gasteiger charge is -2.27. The summed E-state index contributed by atoms with van der Waals surface area (Å²) < 4.78 is 2.07. The van der Waals surface area contributed by atoms with Crippen molar-refractivity contribution < 1.29 is 4.79 Å². The first-order valence-corrected chi connectivity index (χ1v) is 6.51. The Balaban J connectivity index is 2.14. The van der Waals surface area contributed by atoms with E-state index in [0.29, 0.717) is 12.5 Å². The fourth-order valence-electron chi connectivity index (χ4n) is 2.41. The number of aromatic nitrogens is 2. The topological polar surface area (TPSA) is 72.9 Å². The number of carbonyl (C=O) groups is 1. The predicted molar refractivity (Wildman–Crippen MR) is 70.0 cm³/mol. The Hall–Kier alpha value is -1.36. The zero-order chi connectivity index (χ0) is 13.2. The van der Waals surface area contributed by atoms with Gasteiger partial charge in [-0.15, -0.1) is 0 Å². The van der Waals surface area contributed by atoms with Gasteiger partial charge in [0.25, 0.3) is 0 Å². The maximum absolute atomic E-state index is 11.4. The standard InChI is InChI=1S/C13H22N4O/c1-13(2,12(14)18)8-17-9-16-7-11(17)10-4-3-5-15-6-10/h7,9-10,15H,3-6,8H2,1-2H3,(H2,14,18). The Morgan fingerprint density at radius 2 is 2.44 bits per heavy atom. The van der Waals surface area contributed by atoms with Gasteiger partial charge < -0.3 is 15.6 Å². The summed E-state index contributed by atoms with van der Waals surface area (Å²) in [6, 6.07) is 0. The second-order valence-corrected chi connectivity index (χ2v) is 5.74. The molecule has 1 fully saturated rings. The molecule has 2 heterocycles.